The van der Waals surface area contributed by atoms with Crippen LogP contribution >= 0.6 is 22.7 Å². The number of carbonyl (C=O) groups is 2. The van der Waals surface area contributed by atoms with Crippen molar-refractivity contribution < 1.29 is 19.8 Å². The molecule has 0 amide bonds. The van der Waals surface area contributed by atoms with Crippen LogP contribution in [0.1, 0.15) is 79.1 Å². The van der Waals surface area contributed by atoms with Gasteiger partial charge in [0.05, 0.1) is 0 Å². The summed E-state index contributed by atoms with van der Waals surface area (Å²) in [6, 6.07) is 0. The minimum atomic E-state index is -1.74. The molecule has 0 aromatic carbocycles. The number of fused-ring (bicyclic) bond motifs is 2. The van der Waals surface area contributed by atoms with E-state index in [9.17, 15) is 39.0 Å². The summed E-state index contributed by atoms with van der Waals surface area (Å²) in [5.41, 5.74) is -6.75. The highest BCUT2D eigenvalue weighted by Gasteiger charge is 2.44. The summed E-state index contributed by atoms with van der Waals surface area (Å²) in [4.78, 5) is 78.3. The zero-order chi connectivity index (χ0) is 27.0. The maximum Gasteiger partial charge on any atom is 0.330 e. The predicted molar refractivity (Wildman–Crippen MR) is 140 cm³/mol. The molecule has 2 N–H and O–H groups in total. The molecule has 0 aliphatic heterocycles. The first kappa shape index (κ1) is 27.7. The Kier molecular flexibility index (Phi) is 7.89. The summed E-state index contributed by atoms with van der Waals surface area (Å²) >= 11 is 1.31. The highest BCUT2D eigenvalue weighted by atomic mass is 32.1. The first-order valence-corrected chi connectivity index (χ1v) is 13.7. The SMILES string of the molecule is CCCCC(CC)(C(=O)O)n1c(=O)c2sc3c(=O)n(C(CC)(CCCC)C(=O)O)c(=O)c3sc2c1=O. The Bertz CT molecular complexity index is 1360. The fourth-order valence-electron chi connectivity index (χ4n) is 4.86. The summed E-state index contributed by atoms with van der Waals surface area (Å²) in [5.74, 6) is -2.59. The molecule has 0 saturated carbocycles. The Hall–Kier alpha value is -2.86. The molecule has 0 aliphatic rings. The average Bonchev–Trinajstić information content (AvgIpc) is 3.24. The van der Waals surface area contributed by atoms with Crippen molar-refractivity contribution in [1.82, 2.24) is 9.13 Å². The number of hydrogen-bond donors (Lipinski definition) is 2. The second kappa shape index (κ2) is 10.3. The number of unbranched alkanes of at least 4 members (excludes halogenated alkanes) is 2. The quantitative estimate of drug-likeness (QED) is 0.356. The first-order valence-electron chi connectivity index (χ1n) is 12.1. The van der Waals surface area contributed by atoms with Crippen LogP contribution in [-0.2, 0) is 20.7 Å². The molecule has 0 radical (unpaired) electrons. The second-order valence-corrected chi connectivity index (χ2v) is 11.0. The van der Waals surface area contributed by atoms with Gasteiger partial charge in [-0.3, -0.25) is 28.3 Å². The third kappa shape index (κ3) is 3.90. The molecule has 3 aromatic rings. The lowest BCUT2D eigenvalue weighted by Gasteiger charge is -2.28. The van der Waals surface area contributed by atoms with Crippen molar-refractivity contribution in [2.75, 3.05) is 0 Å². The van der Waals surface area contributed by atoms with Crippen LogP contribution in [0.25, 0.3) is 18.8 Å². The number of carboxylic acid groups (broad SMARTS) is 2. The number of carboxylic acids is 2. The van der Waals surface area contributed by atoms with Gasteiger partial charge in [0.25, 0.3) is 22.2 Å². The summed E-state index contributed by atoms with van der Waals surface area (Å²) in [6.45, 7) is 6.93. The number of aromatic nitrogens is 2. The Morgan fingerprint density at radius 3 is 1.11 bits per heavy atom. The van der Waals surface area contributed by atoms with Crippen molar-refractivity contribution in [1.29, 1.82) is 0 Å². The van der Waals surface area contributed by atoms with Crippen molar-refractivity contribution >= 4 is 53.4 Å². The molecule has 2 atom stereocenters. The van der Waals surface area contributed by atoms with Crippen LogP contribution in [-0.4, -0.2) is 31.3 Å². The largest absolute Gasteiger partial charge is 0.479 e. The van der Waals surface area contributed by atoms with Gasteiger partial charge in [-0.25, -0.2) is 9.59 Å². The monoisotopic (exact) mass is 538 g/mol. The fourth-order valence-corrected chi connectivity index (χ4v) is 7.20. The van der Waals surface area contributed by atoms with E-state index in [1.807, 2.05) is 13.8 Å². The van der Waals surface area contributed by atoms with E-state index < -0.39 is 45.3 Å². The fraction of sp³-hybridized carbons (Fsp3) is 0.583. The molecular weight excluding hydrogens is 508 g/mol. The van der Waals surface area contributed by atoms with E-state index >= 15 is 0 Å². The highest BCUT2D eigenvalue weighted by molar-refractivity contribution is 7.36. The standard InChI is InChI=1S/C24H30N2O8S2/c1-5-9-11-23(7-3,21(31)32)25-17(27)13-14(18(25)28)36-16-15(35-13)19(29)26(20(16)30)24(8-4,22(33)34)12-10-6-2/h5-12H2,1-4H3,(H,31,32)(H,33,34). The molecule has 12 heteroatoms. The van der Waals surface area contributed by atoms with Crippen LogP contribution in [0.5, 0.6) is 0 Å². The zero-order valence-electron chi connectivity index (χ0n) is 20.7. The van der Waals surface area contributed by atoms with Crippen LogP contribution in [0, 0.1) is 0 Å². The Morgan fingerprint density at radius 1 is 0.639 bits per heavy atom. The van der Waals surface area contributed by atoms with Crippen molar-refractivity contribution in [2.45, 2.75) is 90.1 Å². The van der Waals surface area contributed by atoms with Crippen molar-refractivity contribution in [2.24, 2.45) is 0 Å². The third-order valence-corrected chi connectivity index (χ3v) is 9.71. The molecule has 0 bridgehead atoms. The highest BCUT2D eigenvalue weighted by Crippen LogP contribution is 2.33. The van der Waals surface area contributed by atoms with Gasteiger partial charge in [-0.1, -0.05) is 53.4 Å². The van der Waals surface area contributed by atoms with E-state index in [1.54, 1.807) is 13.8 Å². The van der Waals surface area contributed by atoms with Gasteiger partial charge in [-0.2, -0.15) is 0 Å². The lowest BCUT2D eigenvalue weighted by molar-refractivity contribution is -0.149. The summed E-state index contributed by atoms with van der Waals surface area (Å²) < 4.78 is 1.11. The first-order chi connectivity index (χ1) is 17.0. The van der Waals surface area contributed by atoms with Crippen molar-refractivity contribution in [3.63, 3.8) is 0 Å². The van der Waals surface area contributed by atoms with Crippen LogP contribution in [0.15, 0.2) is 19.2 Å². The van der Waals surface area contributed by atoms with E-state index in [0.29, 0.717) is 48.4 Å². The molecule has 0 fully saturated rings. The van der Waals surface area contributed by atoms with Crippen LogP contribution in [0.4, 0.5) is 0 Å². The predicted octanol–water partition coefficient (Wildman–Crippen LogP) is 3.36. The topological polar surface area (TPSA) is 153 Å². The number of rotatable bonds is 12. The van der Waals surface area contributed by atoms with Gasteiger partial charge >= 0.3 is 11.9 Å². The van der Waals surface area contributed by atoms with Gasteiger partial charge in [0.2, 0.25) is 0 Å². The lowest BCUT2D eigenvalue weighted by Crippen LogP contribution is -2.50. The molecular formula is C24H30N2O8S2. The normalized spacial score (nSPS) is 15.2. The smallest absolute Gasteiger partial charge is 0.330 e. The van der Waals surface area contributed by atoms with E-state index in [1.165, 1.54) is 0 Å². The molecule has 2 unspecified atom stereocenters. The Balaban J connectivity index is 2.43. The van der Waals surface area contributed by atoms with Gasteiger partial charge in [0, 0.05) is 0 Å². The average molecular weight is 539 g/mol. The summed E-state index contributed by atoms with van der Waals surface area (Å²) in [6.07, 6.45) is 2.46. The third-order valence-electron chi connectivity index (χ3n) is 7.12. The van der Waals surface area contributed by atoms with Crippen molar-refractivity contribution in [3.05, 3.63) is 41.4 Å². The Morgan fingerprint density at radius 2 is 0.917 bits per heavy atom. The summed E-state index contributed by atoms with van der Waals surface area (Å²) in [5, 5.41) is 20.1. The molecule has 0 aliphatic carbocycles. The second-order valence-electron chi connectivity index (χ2n) is 9.00. The van der Waals surface area contributed by atoms with Gasteiger partial charge in [-0.05, 0) is 25.7 Å². The van der Waals surface area contributed by atoms with E-state index in [-0.39, 0.29) is 44.5 Å². The van der Waals surface area contributed by atoms with Gasteiger partial charge in [0.1, 0.15) is 29.9 Å². The Labute approximate surface area is 213 Å². The summed E-state index contributed by atoms with van der Waals surface area (Å²) in [7, 11) is 0. The molecule has 196 valence electrons. The van der Waals surface area contributed by atoms with E-state index in [0.717, 1.165) is 9.13 Å². The van der Waals surface area contributed by atoms with Crippen LogP contribution in [0.3, 0.4) is 0 Å². The minimum Gasteiger partial charge on any atom is -0.479 e. The number of nitrogens with zero attached hydrogens (tertiary/aromatic N) is 2. The molecule has 36 heavy (non-hydrogen) atoms. The van der Waals surface area contributed by atoms with E-state index in [4.69, 9.17) is 0 Å². The van der Waals surface area contributed by atoms with Crippen LogP contribution < -0.4 is 22.2 Å². The number of aliphatic carboxylic acids is 2. The van der Waals surface area contributed by atoms with Gasteiger partial charge in [-0.15, -0.1) is 22.7 Å². The molecule has 3 aromatic heterocycles. The van der Waals surface area contributed by atoms with E-state index in [2.05, 4.69) is 0 Å². The van der Waals surface area contributed by atoms with Gasteiger partial charge in [0.15, 0.2) is 0 Å². The molecule has 0 spiro atoms. The number of hydrogen-bond acceptors (Lipinski definition) is 8. The van der Waals surface area contributed by atoms with Crippen LogP contribution in [0.2, 0.25) is 0 Å². The zero-order valence-corrected chi connectivity index (χ0v) is 22.3. The maximum absolute atomic E-state index is 13.4. The molecule has 3 heterocycles. The molecule has 10 nitrogen and oxygen atoms in total. The molecule has 3 rings (SSSR count). The molecule has 0 saturated heterocycles. The lowest BCUT2D eigenvalue weighted by atomic mass is 9.89. The minimum absolute atomic E-state index is 0.00352. The maximum atomic E-state index is 13.4. The van der Waals surface area contributed by atoms with Crippen molar-refractivity contribution in [3.8, 4) is 0 Å². The van der Waals surface area contributed by atoms with Gasteiger partial charge < -0.3 is 10.2 Å².